The van der Waals surface area contributed by atoms with Gasteiger partial charge in [-0.25, -0.2) is 9.59 Å². The molecule has 2 heterocycles. The molecule has 3 amide bonds. The summed E-state index contributed by atoms with van der Waals surface area (Å²) in [5.41, 5.74) is 4.04. The van der Waals surface area contributed by atoms with E-state index in [1.807, 2.05) is 42.5 Å². The predicted octanol–water partition coefficient (Wildman–Crippen LogP) is 2.05. The molecule has 1 aliphatic heterocycles. The van der Waals surface area contributed by atoms with Crippen molar-refractivity contribution in [3.8, 4) is 0 Å². The van der Waals surface area contributed by atoms with Crippen molar-refractivity contribution in [1.29, 1.82) is 0 Å². The lowest BCUT2D eigenvalue weighted by Crippen LogP contribution is -2.50. The molecule has 0 spiro atoms. The van der Waals surface area contributed by atoms with Gasteiger partial charge in [-0.2, -0.15) is 0 Å². The van der Waals surface area contributed by atoms with E-state index in [-0.39, 0.29) is 18.9 Å². The number of amides is 3. The maximum absolute atomic E-state index is 12.5. The largest absolute Gasteiger partial charge is 0.480 e. The molecule has 0 radical (unpaired) electrons. The van der Waals surface area contributed by atoms with E-state index in [0.29, 0.717) is 13.1 Å². The number of hydrogen-bond donors (Lipinski definition) is 4. The van der Waals surface area contributed by atoms with Gasteiger partial charge in [0.15, 0.2) is 0 Å². The first-order valence-electron chi connectivity index (χ1n) is 10.2. The first-order chi connectivity index (χ1) is 15.0. The number of carboxylic acids is 1. The van der Waals surface area contributed by atoms with E-state index >= 15 is 0 Å². The second-order valence-corrected chi connectivity index (χ2v) is 7.62. The quantitative estimate of drug-likeness (QED) is 0.489. The maximum Gasteiger partial charge on any atom is 0.326 e. The van der Waals surface area contributed by atoms with Gasteiger partial charge in [0.1, 0.15) is 6.04 Å². The van der Waals surface area contributed by atoms with Crippen molar-refractivity contribution in [2.45, 2.75) is 25.4 Å². The molecule has 2 aromatic carbocycles. The minimum Gasteiger partial charge on any atom is -0.480 e. The lowest BCUT2D eigenvalue weighted by Gasteiger charge is -2.29. The number of benzene rings is 2. The highest BCUT2D eigenvalue weighted by Crippen LogP contribution is 2.20. The van der Waals surface area contributed by atoms with Gasteiger partial charge in [-0.15, -0.1) is 0 Å². The third-order valence-corrected chi connectivity index (χ3v) is 5.59. The van der Waals surface area contributed by atoms with Gasteiger partial charge in [0, 0.05) is 36.6 Å². The van der Waals surface area contributed by atoms with Crippen LogP contribution in [0.15, 0.2) is 54.7 Å². The highest BCUT2D eigenvalue weighted by molar-refractivity contribution is 5.88. The van der Waals surface area contributed by atoms with Crippen molar-refractivity contribution in [1.82, 2.24) is 20.5 Å². The molecule has 8 nitrogen and oxygen atoms in total. The number of urea groups is 1. The number of aromatic amines is 1. The van der Waals surface area contributed by atoms with Crippen LogP contribution in [0, 0.1) is 0 Å². The Balaban J connectivity index is 1.31. The Kier molecular flexibility index (Phi) is 5.88. The molecule has 1 aromatic heterocycles. The maximum atomic E-state index is 12.5. The summed E-state index contributed by atoms with van der Waals surface area (Å²) in [5, 5.41) is 15.4. The molecule has 4 N–H and O–H groups in total. The van der Waals surface area contributed by atoms with Crippen molar-refractivity contribution in [3.05, 3.63) is 71.4 Å². The minimum atomic E-state index is -1.14. The average Bonchev–Trinajstić information content (AvgIpc) is 3.19. The zero-order valence-corrected chi connectivity index (χ0v) is 16.9. The van der Waals surface area contributed by atoms with Gasteiger partial charge in [0.05, 0.1) is 6.54 Å². The third-order valence-electron chi connectivity index (χ3n) is 5.59. The molecule has 8 heteroatoms. The minimum absolute atomic E-state index is 0.129. The van der Waals surface area contributed by atoms with Crippen molar-refractivity contribution < 1.29 is 19.5 Å². The van der Waals surface area contributed by atoms with Crippen LogP contribution < -0.4 is 10.6 Å². The van der Waals surface area contributed by atoms with Gasteiger partial charge >= 0.3 is 12.0 Å². The summed E-state index contributed by atoms with van der Waals surface area (Å²) in [5.74, 6) is -1.34. The van der Waals surface area contributed by atoms with Crippen LogP contribution in [-0.2, 0) is 29.0 Å². The SMILES string of the molecule is O=C(NCC(=O)N1CCc2ccccc2C1)N[C@@H](Cc1c[nH]c2ccccc12)C(=O)O. The Bertz CT molecular complexity index is 1120. The Hall–Kier alpha value is -3.81. The van der Waals surface area contributed by atoms with Crippen molar-refractivity contribution in [3.63, 3.8) is 0 Å². The van der Waals surface area contributed by atoms with Gasteiger partial charge in [-0.05, 0) is 29.2 Å². The highest BCUT2D eigenvalue weighted by Gasteiger charge is 2.24. The summed E-state index contributed by atoms with van der Waals surface area (Å²) in [6.45, 7) is 0.918. The van der Waals surface area contributed by atoms with Gasteiger partial charge in [-0.1, -0.05) is 42.5 Å². The van der Waals surface area contributed by atoms with E-state index < -0.39 is 18.0 Å². The molecule has 1 atom stereocenters. The Morgan fingerprint density at radius 1 is 1.06 bits per heavy atom. The lowest BCUT2D eigenvalue weighted by molar-refractivity contribution is -0.139. The summed E-state index contributed by atoms with van der Waals surface area (Å²) in [4.78, 5) is 41.2. The molecule has 4 rings (SSSR count). The number of carbonyl (C=O) groups excluding carboxylic acids is 2. The van der Waals surface area contributed by atoms with E-state index in [4.69, 9.17) is 0 Å². The molecule has 0 saturated heterocycles. The standard InChI is InChI=1S/C23H24N4O4/c28-21(27-10-9-15-5-1-2-6-16(15)14-27)13-25-23(31)26-20(22(29)30)11-17-12-24-19-8-4-3-7-18(17)19/h1-8,12,20,24H,9-11,13-14H2,(H,29,30)(H2,25,26,31)/t20-/m0/s1. The molecule has 0 aliphatic carbocycles. The Labute approximate surface area is 179 Å². The van der Waals surface area contributed by atoms with Crippen LogP contribution in [0.3, 0.4) is 0 Å². The van der Waals surface area contributed by atoms with Gasteiger partial charge in [-0.3, -0.25) is 4.79 Å². The van der Waals surface area contributed by atoms with Crippen LogP contribution in [0.1, 0.15) is 16.7 Å². The van der Waals surface area contributed by atoms with Crippen LogP contribution in [0.25, 0.3) is 10.9 Å². The van der Waals surface area contributed by atoms with E-state index in [2.05, 4.69) is 21.7 Å². The zero-order chi connectivity index (χ0) is 21.8. The predicted molar refractivity (Wildman–Crippen MR) is 116 cm³/mol. The van der Waals surface area contributed by atoms with Crippen LogP contribution in [0.2, 0.25) is 0 Å². The Morgan fingerprint density at radius 2 is 1.81 bits per heavy atom. The summed E-state index contributed by atoms with van der Waals surface area (Å²) < 4.78 is 0. The van der Waals surface area contributed by atoms with Crippen LogP contribution in [-0.4, -0.2) is 52.0 Å². The van der Waals surface area contributed by atoms with Crippen molar-refractivity contribution in [2.75, 3.05) is 13.1 Å². The molecule has 160 valence electrons. The number of carboxylic acid groups (broad SMARTS) is 1. The van der Waals surface area contributed by atoms with E-state index in [0.717, 1.165) is 28.5 Å². The van der Waals surface area contributed by atoms with Crippen LogP contribution >= 0.6 is 0 Å². The number of aliphatic carboxylic acids is 1. The molecule has 0 bridgehead atoms. The number of hydrogen-bond acceptors (Lipinski definition) is 3. The zero-order valence-electron chi connectivity index (χ0n) is 16.9. The fourth-order valence-electron chi connectivity index (χ4n) is 3.91. The van der Waals surface area contributed by atoms with E-state index in [1.54, 1.807) is 11.1 Å². The van der Waals surface area contributed by atoms with Gasteiger partial charge < -0.3 is 25.6 Å². The fourth-order valence-corrected chi connectivity index (χ4v) is 3.91. The monoisotopic (exact) mass is 420 g/mol. The molecular weight excluding hydrogens is 396 g/mol. The van der Waals surface area contributed by atoms with E-state index in [9.17, 15) is 19.5 Å². The number of rotatable bonds is 6. The van der Waals surface area contributed by atoms with Crippen LogP contribution in [0.4, 0.5) is 4.79 Å². The number of H-pyrrole nitrogens is 1. The molecule has 31 heavy (non-hydrogen) atoms. The second-order valence-electron chi connectivity index (χ2n) is 7.62. The van der Waals surface area contributed by atoms with Crippen LogP contribution in [0.5, 0.6) is 0 Å². The first kappa shape index (κ1) is 20.5. The number of nitrogens with one attached hydrogen (secondary N) is 3. The van der Waals surface area contributed by atoms with Crippen molar-refractivity contribution >= 4 is 28.8 Å². The van der Waals surface area contributed by atoms with E-state index in [1.165, 1.54) is 5.56 Å². The molecule has 0 saturated carbocycles. The summed E-state index contributed by atoms with van der Waals surface area (Å²) in [6, 6.07) is 13.7. The van der Waals surface area contributed by atoms with Gasteiger partial charge in [0.2, 0.25) is 5.91 Å². The number of para-hydroxylation sites is 1. The number of fused-ring (bicyclic) bond motifs is 2. The highest BCUT2D eigenvalue weighted by atomic mass is 16.4. The summed E-state index contributed by atoms with van der Waals surface area (Å²) in [7, 11) is 0. The smallest absolute Gasteiger partial charge is 0.326 e. The van der Waals surface area contributed by atoms with Crippen molar-refractivity contribution in [2.24, 2.45) is 0 Å². The number of nitrogens with zero attached hydrogens (tertiary/aromatic N) is 1. The first-order valence-corrected chi connectivity index (χ1v) is 10.2. The average molecular weight is 420 g/mol. The second kappa shape index (κ2) is 8.91. The molecule has 0 unspecified atom stereocenters. The fraction of sp³-hybridized carbons (Fsp3) is 0.261. The van der Waals surface area contributed by atoms with Gasteiger partial charge in [0.25, 0.3) is 0 Å². The molecular formula is C23H24N4O4. The topological polar surface area (TPSA) is 115 Å². The molecule has 1 aliphatic rings. The lowest BCUT2D eigenvalue weighted by atomic mass is 10.00. The molecule has 0 fully saturated rings. The summed E-state index contributed by atoms with van der Waals surface area (Å²) in [6.07, 6.45) is 2.65. The number of carbonyl (C=O) groups is 3. The Morgan fingerprint density at radius 3 is 2.61 bits per heavy atom. The number of aromatic nitrogens is 1. The third kappa shape index (κ3) is 4.69. The normalized spacial score (nSPS) is 14.0. The molecule has 3 aromatic rings. The summed E-state index contributed by atoms with van der Waals surface area (Å²) >= 11 is 0.